The van der Waals surface area contributed by atoms with Crippen LogP contribution in [0.15, 0.2) is 18.2 Å². The SMILES string of the molecule is CCC(C)(CBr)NC(=O)c1cc(C)cc(F)c1. The third-order valence-electron chi connectivity index (χ3n) is 2.79. The topological polar surface area (TPSA) is 29.1 Å². The number of nitrogens with one attached hydrogen (secondary N) is 1. The first-order chi connectivity index (χ1) is 7.90. The molecule has 1 rings (SSSR count). The average molecular weight is 302 g/mol. The summed E-state index contributed by atoms with van der Waals surface area (Å²) >= 11 is 3.37. The predicted molar refractivity (Wildman–Crippen MR) is 71.1 cm³/mol. The standard InChI is InChI=1S/C13H17BrFNO/c1-4-13(3,8-14)16-12(17)10-5-9(2)6-11(15)7-10/h5-7H,4,8H2,1-3H3,(H,16,17). The minimum Gasteiger partial charge on any atom is -0.346 e. The van der Waals surface area contributed by atoms with Gasteiger partial charge >= 0.3 is 0 Å². The molecule has 0 fully saturated rings. The van der Waals surface area contributed by atoms with Crippen molar-refractivity contribution in [3.63, 3.8) is 0 Å². The molecule has 0 saturated carbocycles. The highest BCUT2D eigenvalue weighted by Crippen LogP contribution is 2.15. The fourth-order valence-corrected chi connectivity index (χ4v) is 1.97. The van der Waals surface area contributed by atoms with Gasteiger partial charge in [-0.2, -0.15) is 0 Å². The highest BCUT2D eigenvalue weighted by molar-refractivity contribution is 9.09. The minimum atomic E-state index is -0.382. The molecule has 0 aliphatic rings. The van der Waals surface area contributed by atoms with Gasteiger partial charge in [0, 0.05) is 16.4 Å². The quantitative estimate of drug-likeness (QED) is 0.848. The van der Waals surface area contributed by atoms with Gasteiger partial charge in [0.1, 0.15) is 5.82 Å². The smallest absolute Gasteiger partial charge is 0.251 e. The maximum atomic E-state index is 13.2. The van der Waals surface area contributed by atoms with Gasteiger partial charge in [-0.3, -0.25) is 4.79 Å². The Morgan fingerprint density at radius 2 is 2.12 bits per heavy atom. The van der Waals surface area contributed by atoms with Gasteiger partial charge in [-0.1, -0.05) is 22.9 Å². The van der Waals surface area contributed by atoms with Crippen molar-refractivity contribution >= 4 is 21.8 Å². The van der Waals surface area contributed by atoms with E-state index < -0.39 is 0 Å². The number of aryl methyl sites for hydroxylation is 1. The highest BCUT2D eigenvalue weighted by atomic mass is 79.9. The van der Waals surface area contributed by atoms with Gasteiger partial charge < -0.3 is 5.32 Å². The van der Waals surface area contributed by atoms with E-state index in [1.807, 2.05) is 13.8 Å². The van der Waals surface area contributed by atoms with Crippen molar-refractivity contribution < 1.29 is 9.18 Å². The largest absolute Gasteiger partial charge is 0.346 e. The first kappa shape index (κ1) is 14.2. The molecule has 2 nitrogen and oxygen atoms in total. The number of rotatable bonds is 4. The van der Waals surface area contributed by atoms with E-state index in [-0.39, 0.29) is 17.3 Å². The molecule has 17 heavy (non-hydrogen) atoms. The van der Waals surface area contributed by atoms with Gasteiger partial charge in [-0.25, -0.2) is 4.39 Å². The van der Waals surface area contributed by atoms with Gasteiger partial charge in [0.05, 0.1) is 0 Å². The highest BCUT2D eigenvalue weighted by Gasteiger charge is 2.23. The van der Waals surface area contributed by atoms with E-state index in [0.29, 0.717) is 10.9 Å². The van der Waals surface area contributed by atoms with Crippen LogP contribution in [0.3, 0.4) is 0 Å². The number of hydrogen-bond donors (Lipinski definition) is 1. The molecule has 4 heteroatoms. The summed E-state index contributed by atoms with van der Waals surface area (Å²) in [4.78, 5) is 12.0. The molecule has 0 saturated heterocycles. The molecule has 0 spiro atoms. The van der Waals surface area contributed by atoms with E-state index in [1.54, 1.807) is 13.0 Å². The Hall–Kier alpha value is -0.900. The van der Waals surface area contributed by atoms with Crippen molar-refractivity contribution in [1.29, 1.82) is 0 Å². The van der Waals surface area contributed by atoms with Crippen LogP contribution in [-0.2, 0) is 0 Å². The summed E-state index contributed by atoms with van der Waals surface area (Å²) in [5.41, 5.74) is 0.799. The van der Waals surface area contributed by atoms with Crippen LogP contribution in [-0.4, -0.2) is 16.8 Å². The molecule has 94 valence electrons. The number of halogens is 2. The lowest BCUT2D eigenvalue weighted by molar-refractivity contribution is 0.0913. The molecule has 1 atom stereocenters. The summed E-state index contributed by atoms with van der Waals surface area (Å²) in [6.45, 7) is 5.72. The Balaban J connectivity index is 2.90. The Bertz CT molecular complexity index is 396. The first-order valence-corrected chi connectivity index (χ1v) is 6.68. The number of hydrogen-bond acceptors (Lipinski definition) is 1. The summed E-state index contributed by atoms with van der Waals surface area (Å²) in [5.74, 6) is -0.622. The zero-order chi connectivity index (χ0) is 13.1. The fourth-order valence-electron chi connectivity index (χ4n) is 1.43. The van der Waals surface area contributed by atoms with Crippen LogP contribution in [0.1, 0.15) is 36.2 Å². The van der Waals surface area contributed by atoms with Crippen LogP contribution >= 0.6 is 15.9 Å². The van der Waals surface area contributed by atoms with E-state index in [9.17, 15) is 9.18 Å². The normalized spacial score (nSPS) is 14.2. The van der Waals surface area contributed by atoms with E-state index in [2.05, 4.69) is 21.2 Å². The van der Waals surface area contributed by atoms with Gasteiger partial charge in [0.25, 0.3) is 5.91 Å². The van der Waals surface area contributed by atoms with Crippen LogP contribution in [0.4, 0.5) is 4.39 Å². The molecule has 1 N–H and O–H groups in total. The molecule has 0 heterocycles. The van der Waals surface area contributed by atoms with Crippen molar-refractivity contribution in [3.05, 3.63) is 35.1 Å². The van der Waals surface area contributed by atoms with E-state index in [4.69, 9.17) is 0 Å². The number of alkyl halides is 1. The number of carbonyl (C=O) groups excluding carboxylic acids is 1. The lowest BCUT2D eigenvalue weighted by atomic mass is 10.0. The number of amides is 1. The molecule has 0 radical (unpaired) electrons. The molecule has 0 aliphatic heterocycles. The van der Waals surface area contributed by atoms with E-state index in [1.165, 1.54) is 12.1 Å². The Morgan fingerprint density at radius 1 is 1.47 bits per heavy atom. The van der Waals surface area contributed by atoms with E-state index >= 15 is 0 Å². The Kier molecular flexibility index (Phi) is 4.69. The van der Waals surface area contributed by atoms with Crippen molar-refractivity contribution in [2.24, 2.45) is 0 Å². The van der Waals surface area contributed by atoms with Gasteiger partial charge in [0.2, 0.25) is 0 Å². The van der Waals surface area contributed by atoms with Gasteiger partial charge in [-0.05, 0) is 44.0 Å². The Morgan fingerprint density at radius 3 is 2.59 bits per heavy atom. The molecule has 0 aromatic heterocycles. The van der Waals surface area contributed by atoms with Crippen LogP contribution < -0.4 is 5.32 Å². The monoisotopic (exact) mass is 301 g/mol. The van der Waals surface area contributed by atoms with Crippen molar-refractivity contribution in [3.8, 4) is 0 Å². The first-order valence-electron chi connectivity index (χ1n) is 5.56. The van der Waals surface area contributed by atoms with Gasteiger partial charge in [0.15, 0.2) is 0 Å². The summed E-state index contributed by atoms with van der Waals surface area (Å²) < 4.78 is 13.2. The summed E-state index contributed by atoms with van der Waals surface area (Å²) in [7, 11) is 0. The van der Waals surface area contributed by atoms with Crippen molar-refractivity contribution in [1.82, 2.24) is 5.32 Å². The van der Waals surface area contributed by atoms with Crippen LogP contribution in [0.5, 0.6) is 0 Å². The summed E-state index contributed by atoms with van der Waals surface area (Å²) in [6, 6.07) is 4.34. The maximum Gasteiger partial charge on any atom is 0.251 e. The zero-order valence-electron chi connectivity index (χ0n) is 10.3. The Labute approximate surface area is 110 Å². The second-order valence-electron chi connectivity index (χ2n) is 4.52. The molecule has 0 aliphatic carbocycles. The second-order valence-corrected chi connectivity index (χ2v) is 5.08. The number of benzene rings is 1. The summed E-state index contributed by atoms with van der Waals surface area (Å²) in [6.07, 6.45) is 0.804. The predicted octanol–water partition coefficient (Wildman–Crippen LogP) is 3.43. The van der Waals surface area contributed by atoms with Crippen LogP contribution in [0.25, 0.3) is 0 Å². The average Bonchev–Trinajstić information content (AvgIpc) is 2.27. The minimum absolute atomic E-state index is 0.239. The third kappa shape index (κ3) is 3.80. The van der Waals surface area contributed by atoms with E-state index in [0.717, 1.165) is 12.0 Å². The summed E-state index contributed by atoms with van der Waals surface area (Å²) in [5, 5.41) is 3.57. The zero-order valence-corrected chi connectivity index (χ0v) is 11.9. The third-order valence-corrected chi connectivity index (χ3v) is 4.03. The number of carbonyl (C=O) groups is 1. The molecule has 1 aromatic rings. The lowest BCUT2D eigenvalue weighted by Gasteiger charge is -2.27. The molecular weight excluding hydrogens is 285 g/mol. The lowest BCUT2D eigenvalue weighted by Crippen LogP contribution is -2.47. The van der Waals surface area contributed by atoms with Crippen LogP contribution in [0, 0.1) is 12.7 Å². The van der Waals surface area contributed by atoms with Crippen LogP contribution in [0.2, 0.25) is 0 Å². The molecule has 0 bridgehead atoms. The molecular formula is C13H17BrFNO. The molecule has 1 amide bonds. The van der Waals surface area contributed by atoms with Gasteiger partial charge in [-0.15, -0.1) is 0 Å². The fraction of sp³-hybridized carbons (Fsp3) is 0.462. The van der Waals surface area contributed by atoms with Crippen molar-refractivity contribution in [2.45, 2.75) is 32.7 Å². The van der Waals surface area contributed by atoms with Crippen molar-refractivity contribution in [2.75, 3.05) is 5.33 Å². The molecule has 1 aromatic carbocycles. The maximum absolute atomic E-state index is 13.2. The molecule has 1 unspecified atom stereocenters. The second kappa shape index (κ2) is 5.63.